The van der Waals surface area contributed by atoms with E-state index in [2.05, 4.69) is 48.9 Å². The first-order valence-corrected chi connectivity index (χ1v) is 9.97. The van der Waals surface area contributed by atoms with Crippen molar-refractivity contribution in [2.24, 2.45) is 0 Å². The van der Waals surface area contributed by atoms with E-state index in [4.69, 9.17) is 4.74 Å². The van der Waals surface area contributed by atoms with Crippen molar-refractivity contribution in [3.8, 4) is 5.75 Å². The average molecular weight is 377 g/mol. The molecule has 0 saturated carbocycles. The molecule has 0 aliphatic carbocycles. The Labute approximate surface area is 165 Å². The van der Waals surface area contributed by atoms with E-state index in [0.29, 0.717) is 5.39 Å². The summed E-state index contributed by atoms with van der Waals surface area (Å²) in [6.45, 7) is 8.07. The zero-order chi connectivity index (χ0) is 19.7. The lowest BCUT2D eigenvalue weighted by Crippen LogP contribution is -2.44. The van der Waals surface area contributed by atoms with Crippen LogP contribution in [0, 0.1) is 13.8 Å². The van der Waals surface area contributed by atoms with Gasteiger partial charge in [-0.25, -0.2) is 4.98 Å². The fourth-order valence-corrected chi connectivity index (χ4v) is 4.10. The number of rotatable bonds is 4. The highest BCUT2D eigenvalue weighted by Crippen LogP contribution is 2.27. The van der Waals surface area contributed by atoms with E-state index in [1.54, 1.807) is 6.33 Å². The topological polar surface area (TPSA) is 47.4 Å². The lowest BCUT2D eigenvalue weighted by Gasteiger charge is -2.36. The van der Waals surface area contributed by atoms with Crippen LogP contribution in [0.4, 0.5) is 0 Å². The highest BCUT2D eigenvalue weighted by atomic mass is 16.5. The van der Waals surface area contributed by atoms with Gasteiger partial charge in [0.05, 0.1) is 17.2 Å². The van der Waals surface area contributed by atoms with Crippen LogP contribution in [0.5, 0.6) is 5.75 Å². The van der Waals surface area contributed by atoms with Crippen LogP contribution < -0.4 is 10.3 Å². The van der Waals surface area contributed by atoms with Gasteiger partial charge in [0.1, 0.15) is 12.0 Å². The van der Waals surface area contributed by atoms with Crippen molar-refractivity contribution in [1.82, 2.24) is 14.5 Å². The van der Waals surface area contributed by atoms with Crippen LogP contribution in [-0.2, 0) is 0 Å². The lowest BCUT2D eigenvalue weighted by molar-refractivity contribution is 0.0152. The van der Waals surface area contributed by atoms with Crippen LogP contribution in [-0.4, -0.2) is 33.8 Å². The zero-order valence-corrected chi connectivity index (χ0v) is 16.8. The number of aryl methyl sites for hydroxylation is 2. The first kappa shape index (κ1) is 18.7. The van der Waals surface area contributed by atoms with E-state index in [1.165, 1.54) is 0 Å². The van der Waals surface area contributed by atoms with Gasteiger partial charge in [-0.05, 0) is 56.9 Å². The molecular formula is C23H27N3O2. The number of hydrogen-bond donors (Lipinski definition) is 0. The van der Waals surface area contributed by atoms with Gasteiger partial charge in [0.25, 0.3) is 5.56 Å². The molecule has 0 bridgehead atoms. The van der Waals surface area contributed by atoms with E-state index < -0.39 is 0 Å². The van der Waals surface area contributed by atoms with Gasteiger partial charge in [0.15, 0.2) is 0 Å². The molecule has 146 valence electrons. The minimum Gasteiger partial charge on any atom is -0.475 e. The number of likely N-dealkylation sites (tertiary alicyclic amines) is 1. The van der Waals surface area contributed by atoms with Crippen molar-refractivity contribution < 1.29 is 4.74 Å². The van der Waals surface area contributed by atoms with Gasteiger partial charge in [-0.2, -0.15) is 0 Å². The Morgan fingerprint density at radius 3 is 2.43 bits per heavy atom. The normalized spacial score (nSPS) is 17.0. The van der Waals surface area contributed by atoms with Crippen LogP contribution in [0.1, 0.15) is 36.9 Å². The minimum absolute atomic E-state index is 0.00667. The van der Waals surface area contributed by atoms with Crippen molar-refractivity contribution in [3.63, 3.8) is 0 Å². The fourth-order valence-electron chi connectivity index (χ4n) is 4.10. The molecule has 0 radical (unpaired) electrons. The Morgan fingerprint density at radius 1 is 1.04 bits per heavy atom. The second kappa shape index (κ2) is 7.76. The van der Waals surface area contributed by atoms with Crippen LogP contribution in [0.15, 0.2) is 53.6 Å². The number of nitrogens with zero attached hydrogens (tertiary/aromatic N) is 3. The third-order valence-corrected chi connectivity index (χ3v) is 5.79. The van der Waals surface area contributed by atoms with Crippen LogP contribution in [0.25, 0.3) is 10.9 Å². The zero-order valence-electron chi connectivity index (χ0n) is 16.8. The average Bonchev–Trinajstić information content (AvgIpc) is 2.71. The maximum absolute atomic E-state index is 12.8. The van der Waals surface area contributed by atoms with Crippen molar-refractivity contribution in [3.05, 3.63) is 70.3 Å². The molecule has 2 aromatic carbocycles. The van der Waals surface area contributed by atoms with E-state index in [-0.39, 0.29) is 17.8 Å². The van der Waals surface area contributed by atoms with Crippen LogP contribution in [0.3, 0.4) is 0 Å². The van der Waals surface area contributed by atoms with E-state index >= 15 is 0 Å². The second-order valence-corrected chi connectivity index (χ2v) is 7.68. The van der Waals surface area contributed by atoms with E-state index in [1.807, 2.05) is 28.8 Å². The minimum atomic E-state index is 0.00667. The maximum Gasteiger partial charge on any atom is 0.261 e. The Morgan fingerprint density at radius 2 is 1.71 bits per heavy atom. The van der Waals surface area contributed by atoms with E-state index in [0.717, 1.165) is 48.3 Å². The SMILES string of the molecule is Cc1cccc(C)c1OC(C)N1CCC(n2cnc3ccccc3c2=O)CC1. The molecule has 0 N–H and O–H groups in total. The summed E-state index contributed by atoms with van der Waals surface area (Å²) in [7, 11) is 0. The highest BCUT2D eigenvalue weighted by Gasteiger charge is 2.26. The molecule has 2 heterocycles. The molecule has 28 heavy (non-hydrogen) atoms. The number of piperidine rings is 1. The molecule has 1 aromatic heterocycles. The van der Waals surface area contributed by atoms with Gasteiger partial charge in [0.2, 0.25) is 0 Å². The molecule has 5 nitrogen and oxygen atoms in total. The summed E-state index contributed by atoms with van der Waals surface area (Å²) in [5.74, 6) is 0.979. The second-order valence-electron chi connectivity index (χ2n) is 7.68. The molecule has 3 aromatic rings. The van der Waals surface area contributed by atoms with Gasteiger partial charge < -0.3 is 4.74 Å². The van der Waals surface area contributed by atoms with Crippen molar-refractivity contribution in [2.75, 3.05) is 13.1 Å². The molecule has 0 amide bonds. The summed E-state index contributed by atoms with van der Waals surface area (Å²) in [5.41, 5.74) is 3.15. The predicted octanol–water partition coefficient (Wildman–Crippen LogP) is 4.08. The quantitative estimate of drug-likeness (QED) is 0.687. The standard InChI is InChI=1S/C23H27N3O2/c1-16-7-6-8-17(2)22(16)28-18(3)25-13-11-19(12-14-25)26-15-24-21-10-5-4-9-20(21)23(26)27/h4-10,15,18-19H,11-14H2,1-3H3. The summed E-state index contributed by atoms with van der Waals surface area (Å²) < 4.78 is 8.10. The molecule has 1 saturated heterocycles. The molecule has 0 spiro atoms. The van der Waals surface area contributed by atoms with Gasteiger partial charge in [-0.1, -0.05) is 30.3 Å². The summed E-state index contributed by atoms with van der Waals surface area (Å²) in [4.78, 5) is 19.7. The summed E-state index contributed by atoms with van der Waals surface area (Å²) in [6.07, 6.45) is 3.55. The highest BCUT2D eigenvalue weighted by molar-refractivity contribution is 5.76. The van der Waals surface area contributed by atoms with Gasteiger partial charge >= 0.3 is 0 Å². The Hall–Kier alpha value is -2.66. The molecule has 1 aliphatic rings. The Kier molecular flexibility index (Phi) is 5.18. The fraction of sp³-hybridized carbons (Fsp3) is 0.391. The van der Waals surface area contributed by atoms with Crippen LogP contribution >= 0.6 is 0 Å². The first-order chi connectivity index (χ1) is 13.5. The molecule has 5 heteroatoms. The third-order valence-electron chi connectivity index (χ3n) is 5.79. The number of fused-ring (bicyclic) bond motifs is 1. The number of aromatic nitrogens is 2. The first-order valence-electron chi connectivity index (χ1n) is 9.97. The smallest absolute Gasteiger partial charge is 0.261 e. The predicted molar refractivity (Wildman–Crippen MR) is 112 cm³/mol. The lowest BCUT2D eigenvalue weighted by atomic mass is 10.0. The molecule has 1 unspecified atom stereocenters. The molecular weight excluding hydrogens is 350 g/mol. The molecule has 1 atom stereocenters. The Bertz CT molecular complexity index is 1020. The Balaban J connectivity index is 1.45. The number of para-hydroxylation sites is 2. The third kappa shape index (κ3) is 3.54. The largest absolute Gasteiger partial charge is 0.475 e. The summed E-state index contributed by atoms with van der Waals surface area (Å²) in [5, 5.41) is 0.694. The number of hydrogen-bond acceptors (Lipinski definition) is 4. The van der Waals surface area contributed by atoms with Gasteiger partial charge in [0, 0.05) is 19.1 Å². The van der Waals surface area contributed by atoms with Crippen molar-refractivity contribution in [1.29, 1.82) is 0 Å². The maximum atomic E-state index is 12.8. The van der Waals surface area contributed by atoms with Crippen molar-refractivity contribution >= 4 is 10.9 Å². The van der Waals surface area contributed by atoms with Gasteiger partial charge in [-0.15, -0.1) is 0 Å². The number of benzene rings is 2. The summed E-state index contributed by atoms with van der Waals surface area (Å²) in [6, 6.07) is 14.0. The van der Waals surface area contributed by atoms with Crippen LogP contribution in [0.2, 0.25) is 0 Å². The molecule has 1 aliphatic heterocycles. The monoisotopic (exact) mass is 377 g/mol. The number of ether oxygens (including phenoxy) is 1. The van der Waals surface area contributed by atoms with Gasteiger partial charge in [-0.3, -0.25) is 14.3 Å². The molecule has 4 rings (SSSR count). The van der Waals surface area contributed by atoms with Crippen molar-refractivity contribution in [2.45, 2.75) is 45.9 Å². The summed E-state index contributed by atoms with van der Waals surface area (Å²) >= 11 is 0. The molecule has 1 fully saturated rings. The van der Waals surface area contributed by atoms with E-state index in [9.17, 15) is 4.79 Å².